The summed E-state index contributed by atoms with van der Waals surface area (Å²) in [6.45, 7) is 17.8. The molecule has 0 radical (unpaired) electrons. The second-order valence-corrected chi connectivity index (χ2v) is 7.59. The molecule has 0 aliphatic carbocycles. The SMILES string of the molecule is CC(C)C1=CCN(CC(C)(C)C2CCNC2C)[C@H]1C. The van der Waals surface area contributed by atoms with Gasteiger partial charge in [-0.25, -0.2) is 0 Å². The molecule has 2 rings (SSSR count). The third-order valence-electron chi connectivity index (χ3n) is 5.40. The van der Waals surface area contributed by atoms with Gasteiger partial charge in [0, 0.05) is 25.2 Å². The summed E-state index contributed by atoms with van der Waals surface area (Å²) in [5.41, 5.74) is 2.03. The van der Waals surface area contributed by atoms with Crippen molar-refractivity contribution in [2.24, 2.45) is 17.3 Å². The number of hydrogen-bond acceptors (Lipinski definition) is 2. The van der Waals surface area contributed by atoms with Crippen molar-refractivity contribution >= 4 is 0 Å². The molecule has 0 saturated carbocycles. The molecular formula is C17H32N2. The predicted molar refractivity (Wildman–Crippen MR) is 83.3 cm³/mol. The predicted octanol–water partition coefficient (Wildman–Crippen LogP) is 3.30. The Kier molecular flexibility index (Phi) is 4.42. The third kappa shape index (κ3) is 3.05. The molecule has 0 aromatic heterocycles. The molecule has 0 spiro atoms. The Labute approximate surface area is 119 Å². The fourth-order valence-electron chi connectivity index (χ4n) is 4.25. The highest BCUT2D eigenvalue weighted by Crippen LogP contribution is 2.37. The van der Waals surface area contributed by atoms with Gasteiger partial charge in [-0.15, -0.1) is 0 Å². The highest BCUT2D eigenvalue weighted by molar-refractivity contribution is 5.19. The van der Waals surface area contributed by atoms with E-state index in [1.807, 2.05) is 0 Å². The van der Waals surface area contributed by atoms with Gasteiger partial charge in [0.15, 0.2) is 0 Å². The summed E-state index contributed by atoms with van der Waals surface area (Å²) < 4.78 is 0. The van der Waals surface area contributed by atoms with Crippen LogP contribution in [0, 0.1) is 17.3 Å². The topological polar surface area (TPSA) is 15.3 Å². The molecule has 2 aliphatic rings. The summed E-state index contributed by atoms with van der Waals surface area (Å²) in [5, 5.41) is 3.61. The van der Waals surface area contributed by atoms with Crippen molar-refractivity contribution in [3.05, 3.63) is 11.6 Å². The van der Waals surface area contributed by atoms with Crippen LogP contribution >= 0.6 is 0 Å². The average Bonchev–Trinajstić information content (AvgIpc) is 2.86. The van der Waals surface area contributed by atoms with Crippen LogP contribution in [0.15, 0.2) is 11.6 Å². The zero-order valence-corrected chi connectivity index (χ0v) is 13.7. The van der Waals surface area contributed by atoms with Crippen molar-refractivity contribution in [3.63, 3.8) is 0 Å². The molecule has 2 nitrogen and oxygen atoms in total. The van der Waals surface area contributed by atoms with E-state index in [-0.39, 0.29) is 0 Å². The molecule has 0 amide bonds. The lowest BCUT2D eigenvalue weighted by Crippen LogP contribution is -2.44. The summed E-state index contributed by atoms with van der Waals surface area (Å²) in [4.78, 5) is 2.67. The number of hydrogen-bond donors (Lipinski definition) is 1. The maximum atomic E-state index is 3.61. The van der Waals surface area contributed by atoms with E-state index in [0.29, 0.717) is 23.4 Å². The first-order chi connectivity index (χ1) is 8.83. The largest absolute Gasteiger partial charge is 0.314 e. The van der Waals surface area contributed by atoms with Crippen LogP contribution in [-0.4, -0.2) is 36.6 Å². The van der Waals surface area contributed by atoms with Gasteiger partial charge in [-0.05, 0) is 44.1 Å². The van der Waals surface area contributed by atoms with Gasteiger partial charge in [-0.1, -0.05) is 39.3 Å². The van der Waals surface area contributed by atoms with Gasteiger partial charge in [0.2, 0.25) is 0 Å². The van der Waals surface area contributed by atoms with Crippen LogP contribution in [0.3, 0.4) is 0 Å². The van der Waals surface area contributed by atoms with Crippen molar-refractivity contribution < 1.29 is 0 Å². The Morgan fingerprint density at radius 2 is 2.05 bits per heavy atom. The summed E-state index contributed by atoms with van der Waals surface area (Å²) in [6.07, 6.45) is 3.79. The van der Waals surface area contributed by atoms with E-state index < -0.39 is 0 Å². The Bertz CT molecular complexity index is 343. The average molecular weight is 264 g/mol. The highest BCUT2D eigenvalue weighted by Gasteiger charge is 2.39. The van der Waals surface area contributed by atoms with Crippen molar-refractivity contribution in [3.8, 4) is 0 Å². The Morgan fingerprint density at radius 1 is 1.37 bits per heavy atom. The van der Waals surface area contributed by atoms with Crippen LogP contribution in [0.2, 0.25) is 0 Å². The normalized spacial score (nSPS) is 33.2. The number of nitrogens with zero attached hydrogens (tertiary/aromatic N) is 1. The summed E-state index contributed by atoms with van der Waals surface area (Å²) >= 11 is 0. The lowest BCUT2D eigenvalue weighted by molar-refractivity contribution is 0.110. The Hall–Kier alpha value is -0.340. The summed E-state index contributed by atoms with van der Waals surface area (Å²) in [5.74, 6) is 1.50. The van der Waals surface area contributed by atoms with E-state index in [9.17, 15) is 0 Å². The number of nitrogens with one attached hydrogen (secondary N) is 1. The van der Waals surface area contributed by atoms with Crippen molar-refractivity contribution in [2.45, 2.75) is 60.0 Å². The van der Waals surface area contributed by atoms with Gasteiger partial charge >= 0.3 is 0 Å². The van der Waals surface area contributed by atoms with Gasteiger partial charge in [-0.2, -0.15) is 0 Å². The zero-order valence-electron chi connectivity index (χ0n) is 13.7. The van der Waals surface area contributed by atoms with Crippen LogP contribution in [-0.2, 0) is 0 Å². The minimum Gasteiger partial charge on any atom is -0.314 e. The minimum absolute atomic E-state index is 0.400. The minimum atomic E-state index is 0.400. The smallest absolute Gasteiger partial charge is 0.0285 e. The van der Waals surface area contributed by atoms with E-state index in [4.69, 9.17) is 0 Å². The molecule has 1 fully saturated rings. The molecule has 1 saturated heterocycles. The monoisotopic (exact) mass is 264 g/mol. The standard InChI is InChI=1S/C17H32N2/c1-12(2)15-8-10-19(14(15)4)11-17(5,6)16-7-9-18-13(16)3/h8,12-14,16,18H,7,9-11H2,1-6H3/t13?,14-,16?/m0/s1. The van der Waals surface area contributed by atoms with Gasteiger partial charge in [-0.3, -0.25) is 4.90 Å². The molecule has 2 heteroatoms. The lowest BCUT2D eigenvalue weighted by atomic mass is 9.74. The van der Waals surface area contributed by atoms with Gasteiger partial charge in [0.1, 0.15) is 0 Å². The Balaban J connectivity index is 1.98. The quantitative estimate of drug-likeness (QED) is 0.784. The van der Waals surface area contributed by atoms with Crippen molar-refractivity contribution in [2.75, 3.05) is 19.6 Å². The fourth-order valence-corrected chi connectivity index (χ4v) is 4.25. The summed E-state index contributed by atoms with van der Waals surface area (Å²) in [7, 11) is 0. The lowest BCUT2D eigenvalue weighted by Gasteiger charge is -2.39. The second-order valence-electron chi connectivity index (χ2n) is 7.59. The van der Waals surface area contributed by atoms with Crippen molar-refractivity contribution in [1.82, 2.24) is 10.2 Å². The molecule has 110 valence electrons. The zero-order chi connectivity index (χ0) is 14.2. The third-order valence-corrected chi connectivity index (χ3v) is 5.40. The van der Waals surface area contributed by atoms with E-state index in [2.05, 4.69) is 57.8 Å². The van der Waals surface area contributed by atoms with Crippen LogP contribution in [0.4, 0.5) is 0 Å². The maximum Gasteiger partial charge on any atom is 0.0285 e. The van der Waals surface area contributed by atoms with Crippen LogP contribution < -0.4 is 5.32 Å². The Morgan fingerprint density at radius 3 is 2.53 bits per heavy atom. The van der Waals surface area contributed by atoms with Crippen LogP contribution in [0.1, 0.15) is 48.0 Å². The van der Waals surface area contributed by atoms with E-state index in [1.165, 1.54) is 19.5 Å². The molecule has 2 heterocycles. The highest BCUT2D eigenvalue weighted by atomic mass is 15.2. The van der Waals surface area contributed by atoms with Gasteiger partial charge in [0.25, 0.3) is 0 Å². The van der Waals surface area contributed by atoms with Crippen LogP contribution in [0.25, 0.3) is 0 Å². The molecule has 2 aliphatic heterocycles. The van der Waals surface area contributed by atoms with E-state index in [1.54, 1.807) is 5.57 Å². The molecule has 1 N–H and O–H groups in total. The first kappa shape index (κ1) is 15.1. The molecule has 19 heavy (non-hydrogen) atoms. The molecule has 2 unspecified atom stereocenters. The molecule has 3 atom stereocenters. The maximum absolute atomic E-state index is 3.61. The summed E-state index contributed by atoms with van der Waals surface area (Å²) in [6, 6.07) is 1.30. The molecule has 0 aromatic carbocycles. The van der Waals surface area contributed by atoms with E-state index >= 15 is 0 Å². The molecule has 0 aromatic rings. The fraction of sp³-hybridized carbons (Fsp3) is 0.882. The van der Waals surface area contributed by atoms with E-state index in [0.717, 1.165) is 12.5 Å². The van der Waals surface area contributed by atoms with Crippen molar-refractivity contribution in [1.29, 1.82) is 0 Å². The van der Waals surface area contributed by atoms with Gasteiger partial charge < -0.3 is 5.32 Å². The first-order valence-corrected chi connectivity index (χ1v) is 8.00. The first-order valence-electron chi connectivity index (χ1n) is 8.00. The molecule has 0 bridgehead atoms. The van der Waals surface area contributed by atoms with Gasteiger partial charge in [0.05, 0.1) is 0 Å². The second kappa shape index (κ2) is 5.57. The molecular weight excluding hydrogens is 232 g/mol. The number of rotatable bonds is 4. The van der Waals surface area contributed by atoms with Crippen LogP contribution in [0.5, 0.6) is 0 Å².